The van der Waals surface area contributed by atoms with Crippen LogP contribution in [0.1, 0.15) is 53.1 Å². The smallest absolute Gasteiger partial charge is 0.263 e. The minimum atomic E-state index is -0.788. The van der Waals surface area contributed by atoms with Crippen molar-refractivity contribution in [1.82, 2.24) is 19.4 Å². The van der Waals surface area contributed by atoms with Crippen molar-refractivity contribution < 1.29 is 18.3 Å². The zero-order valence-corrected chi connectivity index (χ0v) is 20.1. The number of rotatable bonds is 3. The molecule has 5 heterocycles. The SMILES string of the molecule is Cc1cc(C2CC(c3cn4c(=O)c5c(nc4c(-c4cc(F)c(Cl)cc4F)n3)COC5)CCO2)ccn1. The number of fused-ring (bicyclic) bond motifs is 2. The van der Waals surface area contributed by atoms with E-state index in [1.54, 1.807) is 12.4 Å². The number of ether oxygens (including phenoxy) is 2. The molecule has 1 fully saturated rings. The van der Waals surface area contributed by atoms with Gasteiger partial charge >= 0.3 is 0 Å². The van der Waals surface area contributed by atoms with Gasteiger partial charge in [-0.2, -0.15) is 0 Å². The van der Waals surface area contributed by atoms with Crippen molar-refractivity contribution in [3.63, 3.8) is 0 Å². The van der Waals surface area contributed by atoms with Gasteiger partial charge in [0.25, 0.3) is 5.56 Å². The highest BCUT2D eigenvalue weighted by Gasteiger charge is 2.29. The van der Waals surface area contributed by atoms with E-state index in [0.717, 1.165) is 23.4 Å². The molecule has 184 valence electrons. The molecule has 10 heteroatoms. The second-order valence-corrected chi connectivity index (χ2v) is 9.51. The van der Waals surface area contributed by atoms with Crippen LogP contribution >= 0.6 is 11.6 Å². The van der Waals surface area contributed by atoms with Crippen LogP contribution in [0.3, 0.4) is 0 Å². The quantitative estimate of drug-likeness (QED) is 0.359. The third-order valence-electron chi connectivity index (χ3n) is 6.75. The van der Waals surface area contributed by atoms with Crippen molar-refractivity contribution >= 4 is 17.2 Å². The van der Waals surface area contributed by atoms with Crippen LogP contribution in [0.2, 0.25) is 5.02 Å². The molecule has 36 heavy (non-hydrogen) atoms. The van der Waals surface area contributed by atoms with Crippen LogP contribution in [0, 0.1) is 18.6 Å². The van der Waals surface area contributed by atoms with E-state index in [4.69, 9.17) is 26.1 Å². The first kappa shape index (κ1) is 23.1. The van der Waals surface area contributed by atoms with Crippen molar-refractivity contribution in [3.8, 4) is 11.3 Å². The molecule has 6 rings (SSSR count). The van der Waals surface area contributed by atoms with Gasteiger partial charge in [0.1, 0.15) is 17.3 Å². The van der Waals surface area contributed by atoms with E-state index in [-0.39, 0.29) is 52.7 Å². The van der Waals surface area contributed by atoms with Crippen molar-refractivity contribution in [2.45, 2.75) is 45.0 Å². The third kappa shape index (κ3) is 3.97. The van der Waals surface area contributed by atoms with E-state index in [1.807, 2.05) is 19.1 Å². The van der Waals surface area contributed by atoms with E-state index in [1.165, 1.54) is 4.40 Å². The highest BCUT2D eigenvalue weighted by Crippen LogP contribution is 2.38. The Bertz CT molecular complexity index is 1580. The Hall–Kier alpha value is -3.27. The van der Waals surface area contributed by atoms with Crippen LogP contribution in [-0.4, -0.2) is 26.0 Å². The molecule has 4 aromatic rings. The van der Waals surface area contributed by atoms with Crippen molar-refractivity contribution in [2.24, 2.45) is 0 Å². The zero-order chi connectivity index (χ0) is 25.0. The van der Waals surface area contributed by atoms with Gasteiger partial charge in [-0.15, -0.1) is 0 Å². The first-order chi connectivity index (χ1) is 17.4. The summed E-state index contributed by atoms with van der Waals surface area (Å²) in [6, 6.07) is 5.80. The summed E-state index contributed by atoms with van der Waals surface area (Å²) < 4.78 is 42.3. The molecular formula is C26H21ClF2N4O3. The third-order valence-corrected chi connectivity index (χ3v) is 7.04. The predicted molar refractivity (Wildman–Crippen MR) is 128 cm³/mol. The molecule has 0 saturated carbocycles. The fraction of sp³-hybridized carbons (Fsp3) is 0.308. The van der Waals surface area contributed by atoms with Gasteiger partial charge in [0, 0.05) is 36.2 Å². The Morgan fingerprint density at radius 2 is 2.00 bits per heavy atom. The molecule has 2 atom stereocenters. The van der Waals surface area contributed by atoms with Crippen LogP contribution in [0.25, 0.3) is 16.9 Å². The fourth-order valence-corrected chi connectivity index (χ4v) is 5.05. The summed E-state index contributed by atoms with van der Waals surface area (Å²) >= 11 is 5.79. The maximum atomic E-state index is 15.1. The Morgan fingerprint density at radius 1 is 1.14 bits per heavy atom. The zero-order valence-electron chi connectivity index (χ0n) is 19.3. The van der Waals surface area contributed by atoms with Crippen LogP contribution in [-0.2, 0) is 22.7 Å². The van der Waals surface area contributed by atoms with E-state index in [9.17, 15) is 9.18 Å². The topological polar surface area (TPSA) is 78.6 Å². The molecule has 3 aromatic heterocycles. The Labute approximate surface area is 209 Å². The number of nitrogens with zero attached hydrogens (tertiary/aromatic N) is 4. The maximum absolute atomic E-state index is 15.1. The van der Waals surface area contributed by atoms with Crippen LogP contribution in [0.5, 0.6) is 0 Å². The largest absolute Gasteiger partial charge is 0.373 e. The number of benzene rings is 1. The lowest BCUT2D eigenvalue weighted by molar-refractivity contribution is 0.00451. The molecule has 2 aliphatic rings. The summed E-state index contributed by atoms with van der Waals surface area (Å²) in [6.07, 6.45) is 4.48. The molecule has 7 nitrogen and oxygen atoms in total. The number of pyridine rings is 1. The second kappa shape index (κ2) is 8.99. The monoisotopic (exact) mass is 510 g/mol. The van der Waals surface area contributed by atoms with Gasteiger partial charge in [-0.3, -0.25) is 14.2 Å². The summed E-state index contributed by atoms with van der Waals surface area (Å²) in [6.45, 7) is 2.73. The molecule has 0 aliphatic carbocycles. The highest BCUT2D eigenvalue weighted by molar-refractivity contribution is 6.30. The summed E-state index contributed by atoms with van der Waals surface area (Å²) in [5.41, 5.74) is 3.20. The fourth-order valence-electron chi connectivity index (χ4n) is 4.90. The lowest BCUT2D eigenvalue weighted by Gasteiger charge is -2.30. The van der Waals surface area contributed by atoms with Gasteiger partial charge in [-0.25, -0.2) is 18.7 Å². The number of hydrogen-bond acceptors (Lipinski definition) is 6. The van der Waals surface area contributed by atoms with Crippen LogP contribution in [0.15, 0.2) is 41.5 Å². The van der Waals surface area contributed by atoms with Gasteiger partial charge < -0.3 is 9.47 Å². The van der Waals surface area contributed by atoms with Crippen LogP contribution in [0.4, 0.5) is 8.78 Å². The average Bonchev–Trinajstić information content (AvgIpc) is 3.35. The Morgan fingerprint density at radius 3 is 2.83 bits per heavy atom. The minimum Gasteiger partial charge on any atom is -0.373 e. The van der Waals surface area contributed by atoms with E-state index in [0.29, 0.717) is 36.4 Å². The molecule has 0 N–H and O–H groups in total. The first-order valence-corrected chi connectivity index (χ1v) is 12.0. The second-order valence-electron chi connectivity index (χ2n) is 9.10. The van der Waals surface area contributed by atoms with E-state index >= 15 is 4.39 Å². The normalized spacial score (nSPS) is 19.6. The standard InChI is InChI=1S/C26H21ClF2N4O3/c1-13-6-15(2-4-30-13)23-7-14(3-5-36-23)21-10-33-25(32-22-12-35-11-17(22)26(33)34)24(31-21)16-8-20(29)18(27)9-19(16)28/h2,4,6,8-10,14,23H,3,5,7,11-12H2,1H3. The lowest BCUT2D eigenvalue weighted by Crippen LogP contribution is -2.24. The van der Waals surface area contributed by atoms with Gasteiger partial charge in [-0.1, -0.05) is 11.6 Å². The highest BCUT2D eigenvalue weighted by atomic mass is 35.5. The predicted octanol–water partition coefficient (Wildman–Crippen LogP) is 5.06. The molecule has 0 spiro atoms. The summed E-state index contributed by atoms with van der Waals surface area (Å²) in [7, 11) is 0. The number of aryl methyl sites for hydroxylation is 1. The summed E-state index contributed by atoms with van der Waals surface area (Å²) in [5.74, 6) is -1.63. The summed E-state index contributed by atoms with van der Waals surface area (Å²) in [4.78, 5) is 26.9. The molecule has 0 bridgehead atoms. The molecule has 0 amide bonds. The van der Waals surface area contributed by atoms with E-state index in [2.05, 4.69) is 9.97 Å². The Kier molecular flexibility index (Phi) is 5.78. The molecule has 2 unspecified atom stereocenters. The van der Waals surface area contributed by atoms with Crippen LogP contribution < -0.4 is 5.56 Å². The number of hydrogen-bond donors (Lipinski definition) is 0. The lowest BCUT2D eigenvalue weighted by atomic mass is 9.89. The van der Waals surface area contributed by atoms with Crippen molar-refractivity contribution in [2.75, 3.05) is 6.61 Å². The van der Waals surface area contributed by atoms with Gasteiger partial charge in [0.05, 0.1) is 41.3 Å². The van der Waals surface area contributed by atoms with Gasteiger partial charge in [0.2, 0.25) is 0 Å². The maximum Gasteiger partial charge on any atom is 0.263 e. The summed E-state index contributed by atoms with van der Waals surface area (Å²) in [5, 5.41) is -0.337. The minimum absolute atomic E-state index is 0.0789. The molecule has 1 aromatic carbocycles. The molecule has 0 radical (unpaired) electrons. The molecule has 2 aliphatic heterocycles. The van der Waals surface area contributed by atoms with Gasteiger partial charge in [0.15, 0.2) is 5.65 Å². The number of halogens is 3. The number of aromatic nitrogens is 4. The average molecular weight is 511 g/mol. The van der Waals surface area contributed by atoms with Crippen molar-refractivity contribution in [1.29, 1.82) is 0 Å². The van der Waals surface area contributed by atoms with Crippen molar-refractivity contribution in [3.05, 3.63) is 91.9 Å². The Balaban J connectivity index is 1.52. The first-order valence-electron chi connectivity index (χ1n) is 11.6. The molecular weight excluding hydrogens is 490 g/mol. The molecule has 1 saturated heterocycles. The van der Waals surface area contributed by atoms with E-state index < -0.39 is 11.6 Å². The van der Waals surface area contributed by atoms with Gasteiger partial charge in [-0.05, 0) is 49.6 Å².